The molecule has 0 unspecified atom stereocenters. The number of imidazole rings is 1. The minimum Gasteiger partial charge on any atom is -0.282 e. The number of aromatic nitrogens is 2. The monoisotopic (exact) mass is 350 g/mol. The standard InChI is InChI=1S/C17H14F4N4/c1-10(2)15-16(24-23-13-6-4-3-5-12(13)18)25-9-11(17(19,20)21)7-8-14(25)22-15/h3-10H,1-2H3. The number of hydrogen-bond donors (Lipinski definition) is 0. The molecule has 0 spiro atoms. The first-order valence-electron chi connectivity index (χ1n) is 7.53. The lowest BCUT2D eigenvalue weighted by Crippen LogP contribution is -2.06. The molecule has 4 nitrogen and oxygen atoms in total. The van der Waals surface area contributed by atoms with Crippen LogP contribution in [0.1, 0.15) is 31.0 Å². The van der Waals surface area contributed by atoms with E-state index in [4.69, 9.17) is 0 Å². The third-order valence-corrected chi connectivity index (χ3v) is 3.60. The van der Waals surface area contributed by atoms with Crippen LogP contribution in [0.2, 0.25) is 0 Å². The van der Waals surface area contributed by atoms with E-state index in [0.717, 1.165) is 12.3 Å². The molecule has 0 saturated heterocycles. The van der Waals surface area contributed by atoms with Crippen molar-refractivity contribution in [1.29, 1.82) is 0 Å². The third-order valence-electron chi connectivity index (χ3n) is 3.60. The lowest BCUT2D eigenvalue weighted by atomic mass is 10.1. The number of pyridine rings is 1. The van der Waals surface area contributed by atoms with Crippen LogP contribution >= 0.6 is 0 Å². The van der Waals surface area contributed by atoms with E-state index < -0.39 is 17.6 Å². The van der Waals surface area contributed by atoms with Gasteiger partial charge in [-0.25, -0.2) is 9.37 Å². The molecule has 3 aromatic rings. The molecule has 8 heteroatoms. The maximum absolute atomic E-state index is 13.7. The zero-order chi connectivity index (χ0) is 18.2. The van der Waals surface area contributed by atoms with Crippen molar-refractivity contribution < 1.29 is 17.6 Å². The van der Waals surface area contributed by atoms with Crippen molar-refractivity contribution in [1.82, 2.24) is 9.38 Å². The van der Waals surface area contributed by atoms with Gasteiger partial charge in [-0.05, 0) is 30.2 Å². The fraction of sp³-hybridized carbons (Fsp3) is 0.235. The van der Waals surface area contributed by atoms with E-state index in [1.807, 2.05) is 13.8 Å². The van der Waals surface area contributed by atoms with Gasteiger partial charge in [0.05, 0.1) is 11.3 Å². The maximum atomic E-state index is 13.7. The molecule has 0 atom stereocenters. The Morgan fingerprint density at radius 1 is 1.04 bits per heavy atom. The molecule has 0 amide bonds. The summed E-state index contributed by atoms with van der Waals surface area (Å²) in [4.78, 5) is 4.32. The highest BCUT2D eigenvalue weighted by molar-refractivity contribution is 5.54. The molecule has 0 aliphatic carbocycles. The smallest absolute Gasteiger partial charge is 0.282 e. The van der Waals surface area contributed by atoms with Gasteiger partial charge < -0.3 is 0 Å². The molecular formula is C17H14F4N4. The molecular weight excluding hydrogens is 336 g/mol. The molecule has 0 aliphatic heterocycles. The largest absolute Gasteiger partial charge is 0.417 e. The highest BCUT2D eigenvalue weighted by atomic mass is 19.4. The number of halogens is 4. The summed E-state index contributed by atoms with van der Waals surface area (Å²) in [5, 5.41) is 7.83. The number of hydrogen-bond acceptors (Lipinski definition) is 3. The second-order valence-electron chi connectivity index (χ2n) is 5.77. The van der Waals surface area contributed by atoms with Gasteiger partial charge in [-0.3, -0.25) is 4.40 Å². The van der Waals surface area contributed by atoms with Crippen molar-refractivity contribution in [2.45, 2.75) is 25.9 Å². The highest BCUT2D eigenvalue weighted by Gasteiger charge is 2.31. The summed E-state index contributed by atoms with van der Waals surface area (Å²) in [7, 11) is 0. The molecule has 0 aliphatic rings. The van der Waals surface area contributed by atoms with Gasteiger partial charge in [0.2, 0.25) is 0 Å². The minimum atomic E-state index is -4.49. The zero-order valence-electron chi connectivity index (χ0n) is 13.4. The van der Waals surface area contributed by atoms with Gasteiger partial charge in [0.25, 0.3) is 0 Å². The van der Waals surface area contributed by atoms with Crippen LogP contribution in [0, 0.1) is 5.82 Å². The second kappa shape index (κ2) is 6.27. The van der Waals surface area contributed by atoms with Crippen LogP contribution in [-0.2, 0) is 6.18 Å². The lowest BCUT2D eigenvalue weighted by Gasteiger charge is -2.07. The van der Waals surface area contributed by atoms with Crippen molar-refractivity contribution in [2.24, 2.45) is 10.2 Å². The molecule has 130 valence electrons. The van der Waals surface area contributed by atoms with E-state index in [-0.39, 0.29) is 17.4 Å². The fourth-order valence-electron chi connectivity index (χ4n) is 2.34. The van der Waals surface area contributed by atoms with Crippen molar-refractivity contribution in [3.8, 4) is 0 Å². The molecule has 2 aromatic heterocycles. The van der Waals surface area contributed by atoms with E-state index in [1.165, 1.54) is 28.7 Å². The van der Waals surface area contributed by atoms with Crippen LogP contribution in [0.4, 0.5) is 29.1 Å². The SMILES string of the molecule is CC(C)c1nc2ccc(C(F)(F)F)cn2c1N=Nc1ccccc1F. The zero-order valence-corrected chi connectivity index (χ0v) is 13.4. The predicted molar refractivity (Wildman–Crippen MR) is 84.9 cm³/mol. The molecule has 0 bridgehead atoms. The van der Waals surface area contributed by atoms with Crippen LogP contribution in [0.15, 0.2) is 52.8 Å². The van der Waals surface area contributed by atoms with Gasteiger partial charge in [-0.15, -0.1) is 10.2 Å². The Morgan fingerprint density at radius 3 is 2.40 bits per heavy atom. The maximum Gasteiger partial charge on any atom is 0.417 e. The number of alkyl halides is 3. The molecule has 1 aromatic carbocycles. The van der Waals surface area contributed by atoms with E-state index in [1.54, 1.807) is 6.07 Å². The van der Waals surface area contributed by atoms with Crippen molar-refractivity contribution in [3.05, 3.63) is 59.7 Å². The summed E-state index contributed by atoms with van der Waals surface area (Å²) in [6.07, 6.45) is -3.57. The first kappa shape index (κ1) is 17.1. The van der Waals surface area contributed by atoms with Crippen LogP contribution in [0.3, 0.4) is 0 Å². The molecule has 25 heavy (non-hydrogen) atoms. The van der Waals surface area contributed by atoms with E-state index >= 15 is 0 Å². The fourth-order valence-corrected chi connectivity index (χ4v) is 2.34. The molecule has 0 fully saturated rings. The summed E-state index contributed by atoms with van der Waals surface area (Å²) in [6.45, 7) is 3.68. The number of fused-ring (bicyclic) bond motifs is 1. The molecule has 3 rings (SSSR count). The Balaban J connectivity index is 2.17. The molecule has 0 saturated carbocycles. The van der Waals surface area contributed by atoms with Crippen molar-refractivity contribution in [2.75, 3.05) is 0 Å². The van der Waals surface area contributed by atoms with Gasteiger partial charge in [-0.2, -0.15) is 13.2 Å². The number of rotatable bonds is 3. The Hall–Kier alpha value is -2.77. The van der Waals surface area contributed by atoms with Crippen LogP contribution in [0.5, 0.6) is 0 Å². The number of benzene rings is 1. The van der Waals surface area contributed by atoms with E-state index in [2.05, 4.69) is 15.2 Å². The van der Waals surface area contributed by atoms with Crippen molar-refractivity contribution in [3.63, 3.8) is 0 Å². The van der Waals surface area contributed by atoms with E-state index in [0.29, 0.717) is 11.3 Å². The number of nitrogens with zero attached hydrogens (tertiary/aromatic N) is 4. The Bertz CT molecular complexity index is 941. The summed E-state index contributed by atoms with van der Waals surface area (Å²) in [5.41, 5.74) is -0.0206. The third kappa shape index (κ3) is 3.38. The average Bonchev–Trinajstić information content (AvgIpc) is 2.91. The normalized spacial score (nSPS) is 12.6. The second-order valence-corrected chi connectivity index (χ2v) is 5.77. The summed E-state index contributed by atoms with van der Waals surface area (Å²) >= 11 is 0. The van der Waals surface area contributed by atoms with Crippen LogP contribution in [0.25, 0.3) is 5.65 Å². The van der Waals surface area contributed by atoms with Crippen molar-refractivity contribution >= 4 is 17.2 Å². The molecule has 0 N–H and O–H groups in total. The lowest BCUT2D eigenvalue weighted by molar-refractivity contribution is -0.137. The average molecular weight is 350 g/mol. The first-order valence-corrected chi connectivity index (χ1v) is 7.53. The Labute approximate surface area is 140 Å². The quantitative estimate of drug-likeness (QED) is 0.420. The molecule has 2 heterocycles. The van der Waals surface area contributed by atoms with Gasteiger partial charge in [0.1, 0.15) is 11.3 Å². The predicted octanol–water partition coefficient (Wildman–Crippen LogP) is 6.03. The minimum absolute atomic E-state index is 0.000804. The van der Waals surface area contributed by atoms with E-state index in [9.17, 15) is 17.6 Å². The van der Waals surface area contributed by atoms with Gasteiger partial charge in [0, 0.05) is 6.20 Å². The summed E-state index contributed by atoms with van der Waals surface area (Å²) < 4.78 is 53.8. The summed E-state index contributed by atoms with van der Waals surface area (Å²) in [6, 6.07) is 8.00. The van der Waals surface area contributed by atoms with Gasteiger partial charge >= 0.3 is 6.18 Å². The highest BCUT2D eigenvalue weighted by Crippen LogP contribution is 2.34. The van der Waals surface area contributed by atoms with Gasteiger partial charge in [0.15, 0.2) is 11.6 Å². The first-order chi connectivity index (χ1) is 11.8. The Morgan fingerprint density at radius 2 is 1.76 bits per heavy atom. The Kier molecular flexibility index (Phi) is 4.28. The molecule has 0 radical (unpaired) electrons. The van der Waals surface area contributed by atoms with Crippen LogP contribution in [-0.4, -0.2) is 9.38 Å². The van der Waals surface area contributed by atoms with Gasteiger partial charge in [-0.1, -0.05) is 26.0 Å². The number of azo groups is 1. The van der Waals surface area contributed by atoms with Crippen LogP contribution < -0.4 is 0 Å². The topological polar surface area (TPSA) is 42.0 Å². The summed E-state index contributed by atoms with van der Waals surface area (Å²) in [5.74, 6) is -0.509.